The summed E-state index contributed by atoms with van der Waals surface area (Å²) in [6, 6.07) is 22.5. The number of aliphatic hydroxyl groups is 1. The van der Waals surface area contributed by atoms with Crippen LogP contribution in [0.5, 0.6) is 5.75 Å². The second-order valence-corrected chi connectivity index (χ2v) is 8.54. The maximum absolute atomic E-state index is 13.9. The van der Waals surface area contributed by atoms with Crippen LogP contribution in [0.2, 0.25) is 0 Å². The van der Waals surface area contributed by atoms with Gasteiger partial charge in [0.25, 0.3) is 0 Å². The van der Waals surface area contributed by atoms with Crippen LogP contribution in [-0.4, -0.2) is 35.5 Å². The lowest BCUT2D eigenvalue weighted by atomic mass is 9.91. The summed E-state index contributed by atoms with van der Waals surface area (Å²) >= 11 is 0. The van der Waals surface area contributed by atoms with Crippen LogP contribution in [0.1, 0.15) is 42.0 Å². The van der Waals surface area contributed by atoms with Crippen LogP contribution in [0.25, 0.3) is 0 Å². The number of benzene rings is 3. The number of ether oxygens (including phenoxy) is 3. The molecule has 0 aliphatic carbocycles. The second-order valence-electron chi connectivity index (χ2n) is 8.54. The van der Waals surface area contributed by atoms with Crippen LogP contribution < -0.4 is 4.74 Å². The van der Waals surface area contributed by atoms with Crippen molar-refractivity contribution in [2.24, 2.45) is 0 Å². The van der Waals surface area contributed by atoms with Crippen molar-refractivity contribution in [2.45, 2.75) is 50.8 Å². The lowest BCUT2D eigenvalue weighted by Crippen LogP contribution is -2.51. The molecule has 1 amide bonds. The van der Waals surface area contributed by atoms with Crippen LogP contribution in [0.4, 0.5) is 9.18 Å². The van der Waals surface area contributed by atoms with Gasteiger partial charge in [-0.15, -0.1) is 0 Å². The molecule has 3 aromatic carbocycles. The van der Waals surface area contributed by atoms with E-state index >= 15 is 0 Å². The van der Waals surface area contributed by atoms with E-state index < -0.39 is 18.4 Å². The van der Waals surface area contributed by atoms with Crippen molar-refractivity contribution in [2.75, 3.05) is 7.11 Å². The smallest absolute Gasteiger partial charge is 0.411 e. The van der Waals surface area contributed by atoms with Crippen molar-refractivity contribution in [3.8, 4) is 5.75 Å². The SMILES string of the molecule is COC(O)[C@H]1CCC[C@@H](c2ccc(OCc3ccccc3F)cc2)N1C(=O)OCc1ccccc1. The third-order valence-electron chi connectivity index (χ3n) is 6.27. The summed E-state index contributed by atoms with van der Waals surface area (Å²) < 4.78 is 30.4. The first-order valence-corrected chi connectivity index (χ1v) is 11.7. The molecule has 3 aromatic rings. The number of amides is 1. The predicted octanol–water partition coefficient (Wildman–Crippen LogP) is 5.60. The third kappa shape index (κ3) is 6.18. The van der Waals surface area contributed by atoms with Crippen LogP contribution in [-0.2, 0) is 22.7 Å². The van der Waals surface area contributed by atoms with Gasteiger partial charge >= 0.3 is 6.09 Å². The van der Waals surface area contributed by atoms with Gasteiger partial charge in [-0.05, 0) is 48.6 Å². The molecule has 1 heterocycles. The van der Waals surface area contributed by atoms with Crippen molar-refractivity contribution < 1.29 is 28.5 Å². The number of rotatable bonds is 8. The molecular weight excluding hydrogens is 449 g/mol. The molecule has 35 heavy (non-hydrogen) atoms. The Morgan fingerprint density at radius 3 is 2.43 bits per heavy atom. The molecule has 1 saturated heterocycles. The van der Waals surface area contributed by atoms with Crippen molar-refractivity contribution in [1.82, 2.24) is 4.90 Å². The summed E-state index contributed by atoms with van der Waals surface area (Å²) in [6.07, 6.45) is 0.535. The largest absolute Gasteiger partial charge is 0.489 e. The molecule has 6 nitrogen and oxygen atoms in total. The van der Waals surface area contributed by atoms with Crippen LogP contribution in [0.3, 0.4) is 0 Å². The van der Waals surface area contributed by atoms with Gasteiger partial charge in [0.05, 0.1) is 12.1 Å². The molecule has 1 fully saturated rings. The van der Waals surface area contributed by atoms with Crippen molar-refractivity contribution in [3.63, 3.8) is 0 Å². The average molecular weight is 480 g/mol. The molecule has 1 N–H and O–H groups in total. The summed E-state index contributed by atoms with van der Waals surface area (Å²) in [5, 5.41) is 10.5. The molecule has 0 aromatic heterocycles. The molecular formula is C28H30FNO5. The van der Waals surface area contributed by atoms with Gasteiger partial charge in [-0.25, -0.2) is 9.18 Å². The topological polar surface area (TPSA) is 68.2 Å². The van der Waals surface area contributed by atoms with Gasteiger partial charge in [-0.1, -0.05) is 60.7 Å². The Kier molecular flexibility index (Phi) is 8.34. The van der Waals surface area contributed by atoms with E-state index in [0.717, 1.165) is 24.0 Å². The first-order chi connectivity index (χ1) is 17.1. The third-order valence-corrected chi connectivity index (χ3v) is 6.27. The Morgan fingerprint density at radius 1 is 1.00 bits per heavy atom. The van der Waals surface area contributed by atoms with Crippen molar-refractivity contribution in [3.05, 3.63) is 101 Å². The number of hydrogen-bond donors (Lipinski definition) is 1. The summed E-state index contributed by atoms with van der Waals surface area (Å²) in [4.78, 5) is 14.8. The van der Waals surface area contributed by atoms with Crippen LogP contribution in [0, 0.1) is 5.82 Å². The van der Waals surface area contributed by atoms with Crippen LogP contribution in [0.15, 0.2) is 78.9 Å². The molecule has 1 aliphatic rings. The summed E-state index contributed by atoms with van der Waals surface area (Å²) in [7, 11) is 1.42. The summed E-state index contributed by atoms with van der Waals surface area (Å²) in [5.41, 5.74) is 2.26. The fraction of sp³-hybridized carbons (Fsp3) is 0.321. The van der Waals surface area contributed by atoms with E-state index in [4.69, 9.17) is 14.2 Å². The Bertz CT molecular complexity index is 1090. The number of methoxy groups -OCH3 is 1. The lowest BCUT2D eigenvalue weighted by Gasteiger charge is -2.42. The zero-order valence-electron chi connectivity index (χ0n) is 19.7. The molecule has 0 saturated carbocycles. The van der Waals surface area contributed by atoms with E-state index in [2.05, 4.69) is 0 Å². The zero-order chi connectivity index (χ0) is 24.6. The normalized spacial score (nSPS) is 18.7. The van der Waals surface area contributed by atoms with Gasteiger partial charge in [0, 0.05) is 12.7 Å². The maximum atomic E-state index is 13.9. The molecule has 4 rings (SSSR count). The number of aliphatic hydroxyl groups excluding tert-OH is 1. The minimum Gasteiger partial charge on any atom is -0.489 e. The fourth-order valence-corrected chi connectivity index (χ4v) is 4.41. The Balaban J connectivity index is 1.49. The molecule has 0 bridgehead atoms. The maximum Gasteiger partial charge on any atom is 0.411 e. The predicted molar refractivity (Wildman–Crippen MR) is 129 cm³/mol. The highest BCUT2D eigenvalue weighted by Crippen LogP contribution is 2.37. The number of carbonyl (C=O) groups excluding carboxylic acids is 1. The number of halogens is 1. The Morgan fingerprint density at radius 2 is 1.71 bits per heavy atom. The quantitative estimate of drug-likeness (QED) is 0.426. The highest BCUT2D eigenvalue weighted by Gasteiger charge is 2.40. The first kappa shape index (κ1) is 24.7. The Labute approximate surface area is 204 Å². The fourth-order valence-electron chi connectivity index (χ4n) is 4.41. The van der Waals surface area contributed by atoms with Gasteiger partial charge in [0.1, 0.15) is 24.8 Å². The standard InChI is InChI=1S/C28H30FNO5/c1-33-27(31)26-13-7-12-25(30(26)28(32)35-18-20-8-3-2-4-9-20)21-14-16-23(17-15-21)34-19-22-10-5-6-11-24(22)29/h2-6,8-11,14-17,25-27,31H,7,12-13,18-19H2,1H3/t25-,26+,27?/m0/s1. The first-order valence-electron chi connectivity index (χ1n) is 11.7. The van der Waals surface area contributed by atoms with Crippen molar-refractivity contribution in [1.29, 1.82) is 0 Å². The summed E-state index contributed by atoms with van der Waals surface area (Å²) in [6.45, 7) is 0.261. The number of piperidine rings is 1. The van der Waals surface area contributed by atoms with E-state index in [1.54, 1.807) is 35.2 Å². The number of carbonyl (C=O) groups is 1. The lowest BCUT2D eigenvalue weighted by molar-refractivity contribution is -0.137. The van der Waals surface area contributed by atoms with Gasteiger partial charge < -0.3 is 19.3 Å². The van der Waals surface area contributed by atoms with Gasteiger partial charge in [0.2, 0.25) is 0 Å². The molecule has 1 aliphatic heterocycles. The minimum atomic E-state index is -1.12. The van der Waals surface area contributed by atoms with E-state index in [1.165, 1.54) is 13.2 Å². The minimum absolute atomic E-state index is 0.121. The number of nitrogens with zero attached hydrogens (tertiary/aromatic N) is 1. The molecule has 7 heteroatoms. The highest BCUT2D eigenvalue weighted by atomic mass is 19.1. The highest BCUT2D eigenvalue weighted by molar-refractivity contribution is 5.69. The van der Waals surface area contributed by atoms with Gasteiger partial charge in [-0.3, -0.25) is 4.90 Å². The van der Waals surface area contributed by atoms with E-state index in [9.17, 15) is 14.3 Å². The van der Waals surface area contributed by atoms with Gasteiger partial charge in [-0.2, -0.15) is 0 Å². The molecule has 0 spiro atoms. The molecule has 0 radical (unpaired) electrons. The number of likely N-dealkylation sites (tertiary alicyclic amines) is 1. The van der Waals surface area contributed by atoms with Gasteiger partial charge in [0.15, 0.2) is 6.29 Å². The number of hydrogen-bond acceptors (Lipinski definition) is 5. The zero-order valence-corrected chi connectivity index (χ0v) is 19.7. The average Bonchev–Trinajstić information content (AvgIpc) is 2.91. The van der Waals surface area contributed by atoms with E-state index in [-0.39, 0.29) is 25.1 Å². The van der Waals surface area contributed by atoms with Crippen LogP contribution >= 0.6 is 0 Å². The van der Waals surface area contributed by atoms with E-state index in [0.29, 0.717) is 17.7 Å². The molecule has 184 valence electrons. The molecule has 3 atom stereocenters. The molecule has 1 unspecified atom stereocenters. The second kappa shape index (κ2) is 11.8. The van der Waals surface area contributed by atoms with Crippen molar-refractivity contribution >= 4 is 6.09 Å². The monoisotopic (exact) mass is 479 g/mol. The Hall–Kier alpha value is -3.42. The summed E-state index contributed by atoms with van der Waals surface area (Å²) in [5.74, 6) is 0.290. The van der Waals surface area contributed by atoms with E-state index in [1.807, 2.05) is 42.5 Å².